The Kier molecular flexibility index (Phi) is 3.29. The highest BCUT2D eigenvalue weighted by molar-refractivity contribution is 5.96. The third-order valence-electron chi connectivity index (χ3n) is 3.06. The van der Waals surface area contributed by atoms with Gasteiger partial charge in [0, 0.05) is 11.6 Å². The highest BCUT2D eigenvalue weighted by atomic mass is 16.3. The number of carbonyl (C=O) groups excluding carboxylic acids is 1. The second kappa shape index (κ2) is 4.70. The van der Waals surface area contributed by atoms with Crippen LogP contribution in [-0.2, 0) is 0 Å². The summed E-state index contributed by atoms with van der Waals surface area (Å²) in [6, 6.07) is 0.294. The number of nitrogens with one attached hydrogen (secondary N) is 2. The van der Waals surface area contributed by atoms with Crippen LogP contribution in [0, 0.1) is 13.8 Å². The quantitative estimate of drug-likeness (QED) is 0.794. The molecule has 1 aliphatic rings. The van der Waals surface area contributed by atoms with Gasteiger partial charge in [-0.15, -0.1) is 0 Å². The van der Waals surface area contributed by atoms with Gasteiger partial charge in [-0.05, 0) is 39.8 Å². The van der Waals surface area contributed by atoms with Gasteiger partial charge in [0.2, 0.25) is 0 Å². The molecule has 0 spiro atoms. The largest absolute Gasteiger partial charge is 0.469 e. The van der Waals surface area contributed by atoms with Gasteiger partial charge >= 0.3 is 0 Å². The van der Waals surface area contributed by atoms with Gasteiger partial charge in [0.15, 0.2) is 0 Å². The molecule has 0 aliphatic carbocycles. The van der Waals surface area contributed by atoms with Crippen molar-refractivity contribution in [3.05, 3.63) is 23.2 Å². The molecule has 88 valence electrons. The van der Waals surface area contributed by atoms with E-state index in [4.69, 9.17) is 4.42 Å². The van der Waals surface area contributed by atoms with Crippen molar-refractivity contribution in [1.29, 1.82) is 0 Å². The number of hydrogen-bond donors (Lipinski definition) is 2. The first-order valence-electron chi connectivity index (χ1n) is 5.74. The van der Waals surface area contributed by atoms with Gasteiger partial charge in [0.1, 0.15) is 5.76 Å². The fraction of sp³-hybridized carbons (Fsp3) is 0.583. The lowest BCUT2D eigenvalue weighted by Gasteiger charge is -2.23. The average Bonchev–Trinajstić information content (AvgIpc) is 2.60. The third-order valence-corrected chi connectivity index (χ3v) is 3.06. The molecule has 0 unspecified atom stereocenters. The second-order valence-electron chi connectivity index (χ2n) is 4.35. The molecule has 1 amide bonds. The van der Waals surface area contributed by atoms with Crippen LogP contribution < -0.4 is 10.6 Å². The first kappa shape index (κ1) is 11.2. The van der Waals surface area contributed by atoms with E-state index in [2.05, 4.69) is 10.6 Å². The van der Waals surface area contributed by atoms with Crippen LogP contribution >= 0.6 is 0 Å². The molecule has 0 atom stereocenters. The monoisotopic (exact) mass is 222 g/mol. The van der Waals surface area contributed by atoms with E-state index >= 15 is 0 Å². The maximum absolute atomic E-state index is 12.0. The minimum Gasteiger partial charge on any atom is -0.469 e. The van der Waals surface area contributed by atoms with Gasteiger partial charge in [-0.2, -0.15) is 0 Å². The first-order chi connectivity index (χ1) is 7.68. The van der Waals surface area contributed by atoms with Crippen molar-refractivity contribution in [2.75, 3.05) is 13.1 Å². The summed E-state index contributed by atoms with van der Waals surface area (Å²) in [6.45, 7) is 5.68. The highest BCUT2D eigenvalue weighted by Gasteiger charge is 2.20. The number of rotatable bonds is 2. The molecule has 1 aromatic rings. The van der Waals surface area contributed by atoms with E-state index in [1.165, 1.54) is 0 Å². The van der Waals surface area contributed by atoms with Crippen LogP contribution in [-0.4, -0.2) is 25.0 Å². The Labute approximate surface area is 95.4 Å². The molecule has 4 heteroatoms. The van der Waals surface area contributed by atoms with Crippen LogP contribution in [0.1, 0.15) is 34.5 Å². The molecule has 1 fully saturated rings. The maximum Gasteiger partial charge on any atom is 0.255 e. The summed E-state index contributed by atoms with van der Waals surface area (Å²) in [5.74, 6) is 0.694. The molecule has 1 aromatic heterocycles. The van der Waals surface area contributed by atoms with Crippen molar-refractivity contribution in [3.63, 3.8) is 0 Å². The summed E-state index contributed by atoms with van der Waals surface area (Å²) < 4.78 is 5.23. The fourth-order valence-corrected chi connectivity index (χ4v) is 2.14. The van der Waals surface area contributed by atoms with Crippen LogP contribution in [0.15, 0.2) is 10.7 Å². The molecule has 1 saturated heterocycles. The smallest absolute Gasteiger partial charge is 0.255 e. The van der Waals surface area contributed by atoms with E-state index in [-0.39, 0.29) is 5.91 Å². The topological polar surface area (TPSA) is 54.3 Å². The predicted octanol–water partition coefficient (Wildman–Crippen LogP) is 1.38. The Morgan fingerprint density at radius 1 is 1.44 bits per heavy atom. The standard InChI is InChI=1S/C12H18N2O2/c1-8-7-16-9(2)11(8)12(15)14-10-3-5-13-6-4-10/h7,10,13H,3-6H2,1-2H3,(H,14,15). The van der Waals surface area contributed by atoms with Crippen LogP contribution in [0.5, 0.6) is 0 Å². The zero-order valence-corrected chi connectivity index (χ0v) is 9.80. The SMILES string of the molecule is Cc1coc(C)c1C(=O)NC1CCNCC1. The van der Waals surface area contributed by atoms with E-state index in [0.29, 0.717) is 17.4 Å². The Morgan fingerprint density at radius 3 is 2.69 bits per heavy atom. The summed E-state index contributed by atoms with van der Waals surface area (Å²) in [5.41, 5.74) is 1.60. The van der Waals surface area contributed by atoms with Crippen LogP contribution in [0.3, 0.4) is 0 Å². The number of piperidine rings is 1. The zero-order chi connectivity index (χ0) is 11.5. The summed E-state index contributed by atoms with van der Waals surface area (Å²) in [7, 11) is 0. The molecule has 1 aliphatic heterocycles. The van der Waals surface area contributed by atoms with Crippen molar-refractivity contribution >= 4 is 5.91 Å². The molecular weight excluding hydrogens is 204 g/mol. The van der Waals surface area contributed by atoms with E-state index < -0.39 is 0 Å². The van der Waals surface area contributed by atoms with E-state index in [9.17, 15) is 4.79 Å². The normalized spacial score (nSPS) is 17.4. The number of carbonyl (C=O) groups is 1. The number of aryl methyl sites for hydroxylation is 2. The van der Waals surface area contributed by atoms with E-state index in [0.717, 1.165) is 31.5 Å². The molecule has 0 aromatic carbocycles. The molecule has 4 nitrogen and oxygen atoms in total. The Bertz CT molecular complexity index is 359. The van der Waals surface area contributed by atoms with Gasteiger partial charge < -0.3 is 15.1 Å². The molecule has 2 heterocycles. The summed E-state index contributed by atoms with van der Waals surface area (Å²) >= 11 is 0. The number of hydrogen-bond acceptors (Lipinski definition) is 3. The van der Waals surface area contributed by atoms with Crippen molar-refractivity contribution in [2.45, 2.75) is 32.7 Å². The predicted molar refractivity (Wildman–Crippen MR) is 61.5 cm³/mol. The van der Waals surface area contributed by atoms with Gasteiger partial charge in [-0.3, -0.25) is 4.79 Å². The Hall–Kier alpha value is -1.29. The summed E-state index contributed by atoms with van der Waals surface area (Å²) in [6.07, 6.45) is 3.63. The molecule has 0 bridgehead atoms. The van der Waals surface area contributed by atoms with E-state index in [1.807, 2.05) is 13.8 Å². The third kappa shape index (κ3) is 2.27. The number of furan rings is 1. The van der Waals surface area contributed by atoms with Crippen LogP contribution in [0.25, 0.3) is 0 Å². The molecule has 0 radical (unpaired) electrons. The molecule has 2 N–H and O–H groups in total. The van der Waals surface area contributed by atoms with Gasteiger partial charge in [-0.25, -0.2) is 0 Å². The minimum atomic E-state index is -0.00403. The molecule has 0 saturated carbocycles. The lowest BCUT2D eigenvalue weighted by molar-refractivity contribution is 0.0927. The minimum absolute atomic E-state index is 0.00403. The molecule has 16 heavy (non-hydrogen) atoms. The number of amides is 1. The average molecular weight is 222 g/mol. The zero-order valence-electron chi connectivity index (χ0n) is 9.80. The van der Waals surface area contributed by atoms with Crippen molar-refractivity contribution < 1.29 is 9.21 Å². The Morgan fingerprint density at radius 2 is 2.12 bits per heavy atom. The van der Waals surface area contributed by atoms with Crippen LogP contribution in [0.4, 0.5) is 0 Å². The fourth-order valence-electron chi connectivity index (χ4n) is 2.14. The van der Waals surface area contributed by atoms with Crippen molar-refractivity contribution in [1.82, 2.24) is 10.6 Å². The summed E-state index contributed by atoms with van der Waals surface area (Å²) in [4.78, 5) is 12.0. The van der Waals surface area contributed by atoms with Crippen molar-refractivity contribution in [2.24, 2.45) is 0 Å². The molecular formula is C12H18N2O2. The highest BCUT2D eigenvalue weighted by Crippen LogP contribution is 2.16. The maximum atomic E-state index is 12.0. The lowest BCUT2D eigenvalue weighted by Crippen LogP contribution is -2.42. The van der Waals surface area contributed by atoms with Gasteiger partial charge in [0.05, 0.1) is 11.8 Å². The van der Waals surface area contributed by atoms with Crippen LogP contribution in [0.2, 0.25) is 0 Å². The first-order valence-corrected chi connectivity index (χ1v) is 5.74. The Balaban J connectivity index is 2.02. The van der Waals surface area contributed by atoms with E-state index in [1.54, 1.807) is 6.26 Å². The lowest BCUT2D eigenvalue weighted by atomic mass is 10.1. The molecule has 2 rings (SSSR count). The van der Waals surface area contributed by atoms with Crippen molar-refractivity contribution in [3.8, 4) is 0 Å². The second-order valence-corrected chi connectivity index (χ2v) is 4.35. The summed E-state index contributed by atoms with van der Waals surface area (Å²) in [5, 5.41) is 6.34. The van der Waals surface area contributed by atoms with Gasteiger partial charge in [0.25, 0.3) is 5.91 Å². The van der Waals surface area contributed by atoms with Gasteiger partial charge in [-0.1, -0.05) is 0 Å².